The van der Waals surface area contributed by atoms with Gasteiger partial charge in [-0.3, -0.25) is 0 Å². The van der Waals surface area contributed by atoms with Crippen molar-refractivity contribution in [2.45, 2.75) is 19.4 Å². The summed E-state index contributed by atoms with van der Waals surface area (Å²) in [4.78, 5) is 2.15. The number of halogens is 2. The van der Waals surface area contributed by atoms with Crippen molar-refractivity contribution in [3.05, 3.63) is 16.4 Å². The first-order chi connectivity index (χ1) is 8.11. The normalized spacial score (nSPS) is 25.1. The van der Waals surface area contributed by atoms with Crippen molar-refractivity contribution in [3.63, 3.8) is 0 Å². The molecule has 0 N–H and O–H groups in total. The molecule has 2 rings (SSSR count). The SMILES string of the molecule is COC1CN(c2cc(Cl)nnc2Cl)CCC1C. The van der Waals surface area contributed by atoms with Gasteiger partial charge in [-0.1, -0.05) is 30.1 Å². The quantitative estimate of drug-likeness (QED) is 0.832. The minimum Gasteiger partial charge on any atom is -0.379 e. The van der Waals surface area contributed by atoms with E-state index in [1.54, 1.807) is 13.2 Å². The summed E-state index contributed by atoms with van der Waals surface area (Å²) in [7, 11) is 1.74. The summed E-state index contributed by atoms with van der Waals surface area (Å²) < 4.78 is 5.47. The molecule has 1 aromatic rings. The Kier molecular flexibility index (Phi) is 4.07. The van der Waals surface area contributed by atoms with Crippen molar-refractivity contribution in [1.29, 1.82) is 0 Å². The molecule has 1 aromatic heterocycles. The second kappa shape index (κ2) is 5.38. The molecular weight excluding hydrogens is 261 g/mol. The number of nitrogens with zero attached hydrogens (tertiary/aromatic N) is 3. The smallest absolute Gasteiger partial charge is 0.175 e. The maximum Gasteiger partial charge on any atom is 0.175 e. The number of piperidine rings is 1. The minimum atomic E-state index is 0.215. The van der Waals surface area contributed by atoms with Crippen molar-refractivity contribution in [2.24, 2.45) is 5.92 Å². The maximum absolute atomic E-state index is 6.04. The van der Waals surface area contributed by atoms with E-state index < -0.39 is 0 Å². The number of hydrogen-bond donors (Lipinski definition) is 0. The van der Waals surface area contributed by atoms with Crippen molar-refractivity contribution < 1.29 is 4.74 Å². The molecule has 4 nitrogen and oxygen atoms in total. The van der Waals surface area contributed by atoms with E-state index in [2.05, 4.69) is 22.0 Å². The molecule has 0 aliphatic carbocycles. The number of aromatic nitrogens is 2. The molecule has 6 heteroatoms. The number of hydrogen-bond acceptors (Lipinski definition) is 4. The minimum absolute atomic E-state index is 0.215. The molecular formula is C11H15Cl2N3O. The van der Waals surface area contributed by atoms with Gasteiger partial charge < -0.3 is 9.64 Å². The first-order valence-corrected chi connectivity index (χ1v) is 6.34. The lowest BCUT2D eigenvalue weighted by molar-refractivity contribution is 0.0498. The third kappa shape index (κ3) is 2.81. The van der Waals surface area contributed by atoms with Gasteiger partial charge in [0.1, 0.15) is 0 Å². The van der Waals surface area contributed by atoms with Crippen LogP contribution in [0.2, 0.25) is 10.3 Å². The molecule has 1 aliphatic rings. The van der Waals surface area contributed by atoms with Gasteiger partial charge in [0, 0.05) is 26.3 Å². The van der Waals surface area contributed by atoms with E-state index in [0.29, 0.717) is 16.2 Å². The first-order valence-electron chi connectivity index (χ1n) is 5.58. The fourth-order valence-corrected chi connectivity index (χ4v) is 2.48. The number of rotatable bonds is 2. The summed E-state index contributed by atoms with van der Waals surface area (Å²) in [5.74, 6) is 0.556. The van der Waals surface area contributed by atoms with E-state index in [4.69, 9.17) is 27.9 Å². The van der Waals surface area contributed by atoms with Crippen LogP contribution < -0.4 is 4.90 Å². The zero-order chi connectivity index (χ0) is 12.4. The zero-order valence-electron chi connectivity index (χ0n) is 9.86. The number of anilines is 1. The molecule has 0 saturated carbocycles. The van der Waals surface area contributed by atoms with Crippen LogP contribution in [0.4, 0.5) is 5.69 Å². The average Bonchev–Trinajstić information content (AvgIpc) is 2.33. The lowest BCUT2D eigenvalue weighted by Gasteiger charge is -2.37. The monoisotopic (exact) mass is 275 g/mol. The summed E-state index contributed by atoms with van der Waals surface area (Å²) in [6, 6.07) is 1.75. The van der Waals surface area contributed by atoms with Crippen LogP contribution in [0.25, 0.3) is 0 Å². The fourth-order valence-electron chi connectivity index (χ4n) is 2.13. The summed E-state index contributed by atoms with van der Waals surface area (Å²) >= 11 is 11.9. The van der Waals surface area contributed by atoms with Gasteiger partial charge in [0.2, 0.25) is 0 Å². The summed E-state index contributed by atoms with van der Waals surface area (Å²) in [6.45, 7) is 3.94. The Labute approximate surface area is 111 Å². The van der Waals surface area contributed by atoms with E-state index in [1.165, 1.54) is 0 Å². The van der Waals surface area contributed by atoms with Gasteiger partial charge in [-0.2, -0.15) is 0 Å². The zero-order valence-corrected chi connectivity index (χ0v) is 11.4. The Balaban J connectivity index is 2.20. The Morgan fingerprint density at radius 2 is 2.18 bits per heavy atom. The maximum atomic E-state index is 6.04. The second-order valence-corrected chi connectivity index (χ2v) is 5.07. The van der Waals surface area contributed by atoms with Crippen LogP contribution in [0.3, 0.4) is 0 Å². The van der Waals surface area contributed by atoms with Crippen LogP contribution in [0.5, 0.6) is 0 Å². The third-order valence-electron chi connectivity index (χ3n) is 3.23. The Morgan fingerprint density at radius 1 is 1.41 bits per heavy atom. The van der Waals surface area contributed by atoms with Gasteiger partial charge in [-0.15, -0.1) is 10.2 Å². The summed E-state index contributed by atoms with van der Waals surface area (Å²) in [6.07, 6.45) is 1.28. The standard InChI is InChI=1S/C11H15Cl2N3O/c1-7-3-4-16(6-9(7)17-2)8-5-10(12)14-15-11(8)13/h5,7,9H,3-4,6H2,1-2H3. The fraction of sp³-hybridized carbons (Fsp3) is 0.636. The molecule has 0 radical (unpaired) electrons. The molecule has 2 unspecified atom stereocenters. The van der Waals surface area contributed by atoms with Crippen molar-refractivity contribution in [3.8, 4) is 0 Å². The van der Waals surface area contributed by atoms with Gasteiger partial charge in [0.05, 0.1) is 11.8 Å². The van der Waals surface area contributed by atoms with Crippen LogP contribution in [0.1, 0.15) is 13.3 Å². The lowest BCUT2D eigenvalue weighted by Crippen LogP contribution is -2.44. The summed E-state index contributed by atoms with van der Waals surface area (Å²) in [5.41, 5.74) is 0.834. The van der Waals surface area contributed by atoms with E-state index in [0.717, 1.165) is 25.2 Å². The van der Waals surface area contributed by atoms with Crippen LogP contribution in [-0.4, -0.2) is 36.5 Å². The Hall–Kier alpha value is -0.580. The van der Waals surface area contributed by atoms with E-state index >= 15 is 0 Å². The van der Waals surface area contributed by atoms with E-state index in [-0.39, 0.29) is 6.10 Å². The third-order valence-corrected chi connectivity index (χ3v) is 3.69. The lowest BCUT2D eigenvalue weighted by atomic mass is 9.95. The van der Waals surface area contributed by atoms with Crippen LogP contribution in [-0.2, 0) is 4.74 Å². The molecule has 0 spiro atoms. The number of ether oxygens (including phenoxy) is 1. The molecule has 0 amide bonds. The largest absolute Gasteiger partial charge is 0.379 e. The molecule has 2 heterocycles. The highest BCUT2D eigenvalue weighted by Gasteiger charge is 2.27. The van der Waals surface area contributed by atoms with E-state index in [9.17, 15) is 0 Å². The predicted molar refractivity (Wildman–Crippen MR) is 68.8 cm³/mol. The highest BCUT2D eigenvalue weighted by molar-refractivity contribution is 6.33. The molecule has 0 bridgehead atoms. The summed E-state index contributed by atoms with van der Waals surface area (Å²) in [5, 5.41) is 8.28. The number of methoxy groups -OCH3 is 1. The molecule has 94 valence electrons. The first kappa shape index (κ1) is 12.9. The van der Waals surface area contributed by atoms with Crippen LogP contribution in [0, 0.1) is 5.92 Å². The average molecular weight is 276 g/mol. The molecule has 17 heavy (non-hydrogen) atoms. The van der Waals surface area contributed by atoms with Gasteiger partial charge in [0.25, 0.3) is 0 Å². The highest BCUT2D eigenvalue weighted by atomic mass is 35.5. The Bertz CT molecular complexity index is 402. The van der Waals surface area contributed by atoms with Crippen molar-refractivity contribution >= 4 is 28.9 Å². The van der Waals surface area contributed by atoms with Crippen LogP contribution >= 0.6 is 23.2 Å². The predicted octanol–water partition coefficient (Wildman–Crippen LogP) is 2.64. The molecule has 1 aliphatic heterocycles. The second-order valence-electron chi connectivity index (χ2n) is 4.33. The van der Waals surface area contributed by atoms with Gasteiger partial charge in [-0.05, 0) is 12.3 Å². The van der Waals surface area contributed by atoms with E-state index in [1.807, 2.05) is 0 Å². The van der Waals surface area contributed by atoms with Crippen LogP contribution in [0.15, 0.2) is 6.07 Å². The topological polar surface area (TPSA) is 38.2 Å². The molecule has 1 fully saturated rings. The van der Waals surface area contributed by atoms with Gasteiger partial charge in [-0.25, -0.2) is 0 Å². The molecule has 2 atom stereocenters. The molecule has 0 aromatic carbocycles. The molecule has 1 saturated heterocycles. The van der Waals surface area contributed by atoms with Gasteiger partial charge in [0.15, 0.2) is 10.3 Å². The van der Waals surface area contributed by atoms with Crippen molar-refractivity contribution in [2.75, 3.05) is 25.1 Å². The highest BCUT2D eigenvalue weighted by Crippen LogP contribution is 2.30. The Morgan fingerprint density at radius 3 is 2.88 bits per heavy atom. The van der Waals surface area contributed by atoms with Crippen molar-refractivity contribution in [1.82, 2.24) is 10.2 Å². The van der Waals surface area contributed by atoms with Gasteiger partial charge >= 0.3 is 0 Å².